The summed E-state index contributed by atoms with van der Waals surface area (Å²) in [5.41, 5.74) is 2.43. The molecule has 2 rings (SSSR count). The van der Waals surface area contributed by atoms with Gasteiger partial charge in [-0.1, -0.05) is 26.2 Å². The fraction of sp³-hybridized carbons (Fsp3) is 0.667. The van der Waals surface area contributed by atoms with Crippen molar-refractivity contribution < 1.29 is 4.79 Å². The fourth-order valence-corrected chi connectivity index (χ4v) is 3.04. The highest BCUT2D eigenvalue weighted by atomic mass is 16.2. The van der Waals surface area contributed by atoms with Gasteiger partial charge in [0.15, 0.2) is 0 Å². The summed E-state index contributed by atoms with van der Waals surface area (Å²) in [7, 11) is 0. The van der Waals surface area contributed by atoms with Crippen molar-refractivity contribution in [3.05, 3.63) is 24.0 Å². The van der Waals surface area contributed by atoms with Crippen LogP contribution in [0.5, 0.6) is 0 Å². The Kier molecular flexibility index (Phi) is 7.17. The van der Waals surface area contributed by atoms with Gasteiger partial charge in [-0.05, 0) is 31.4 Å². The number of nitrogens with zero attached hydrogens (tertiary/aromatic N) is 3. The molecule has 1 N–H and O–H groups in total. The second kappa shape index (κ2) is 9.38. The monoisotopic (exact) mass is 318 g/mol. The molecule has 2 heterocycles. The zero-order valence-electron chi connectivity index (χ0n) is 14.6. The van der Waals surface area contributed by atoms with E-state index in [0.29, 0.717) is 0 Å². The minimum Gasteiger partial charge on any atom is -0.369 e. The van der Waals surface area contributed by atoms with E-state index < -0.39 is 0 Å². The Balaban J connectivity index is 1.79. The van der Waals surface area contributed by atoms with Crippen LogP contribution in [0.2, 0.25) is 0 Å². The van der Waals surface area contributed by atoms with Crippen LogP contribution in [-0.4, -0.2) is 48.6 Å². The van der Waals surface area contributed by atoms with Gasteiger partial charge in [0.25, 0.3) is 0 Å². The summed E-state index contributed by atoms with van der Waals surface area (Å²) in [6.45, 7) is 8.58. The first kappa shape index (κ1) is 17.6. The van der Waals surface area contributed by atoms with E-state index >= 15 is 0 Å². The lowest BCUT2D eigenvalue weighted by Gasteiger charge is -2.25. The van der Waals surface area contributed by atoms with E-state index in [1.54, 1.807) is 0 Å². The first-order chi connectivity index (χ1) is 11.2. The van der Waals surface area contributed by atoms with Crippen LogP contribution < -0.4 is 10.2 Å². The van der Waals surface area contributed by atoms with Gasteiger partial charge in [0.05, 0.1) is 0 Å². The van der Waals surface area contributed by atoms with E-state index in [4.69, 9.17) is 0 Å². The molecular formula is C18H30N4O. The first-order valence-corrected chi connectivity index (χ1v) is 8.90. The third-order valence-electron chi connectivity index (χ3n) is 4.42. The molecule has 2 amide bonds. The van der Waals surface area contributed by atoms with Gasteiger partial charge >= 0.3 is 6.03 Å². The van der Waals surface area contributed by atoms with Gasteiger partial charge in [-0.2, -0.15) is 0 Å². The average molecular weight is 318 g/mol. The molecule has 128 valence electrons. The van der Waals surface area contributed by atoms with Crippen LogP contribution in [0.15, 0.2) is 18.5 Å². The molecule has 0 aromatic carbocycles. The lowest BCUT2D eigenvalue weighted by Crippen LogP contribution is -2.42. The van der Waals surface area contributed by atoms with Crippen LogP contribution in [0.1, 0.15) is 44.6 Å². The third kappa shape index (κ3) is 5.41. The molecule has 5 heteroatoms. The number of pyridine rings is 1. The summed E-state index contributed by atoms with van der Waals surface area (Å²) in [4.78, 5) is 20.8. The van der Waals surface area contributed by atoms with Crippen molar-refractivity contribution in [1.82, 2.24) is 15.2 Å². The molecule has 1 saturated heterocycles. The smallest absolute Gasteiger partial charge is 0.317 e. The molecule has 0 atom stereocenters. The average Bonchev–Trinajstić information content (AvgIpc) is 2.81. The standard InChI is InChI=1S/C18H30N4O/c1-3-4-5-6-9-20-18(23)22-12-7-11-21(13-14-22)17-8-10-19-15-16(17)2/h8,10,15H,3-7,9,11-14H2,1-2H3,(H,20,23). The zero-order valence-corrected chi connectivity index (χ0v) is 14.6. The maximum atomic E-state index is 12.3. The van der Waals surface area contributed by atoms with Crippen LogP contribution in [0, 0.1) is 6.92 Å². The quantitative estimate of drug-likeness (QED) is 0.820. The molecule has 1 fully saturated rings. The Bertz CT molecular complexity index is 492. The number of aryl methyl sites for hydroxylation is 1. The second-order valence-corrected chi connectivity index (χ2v) is 6.28. The molecule has 0 aliphatic carbocycles. The second-order valence-electron chi connectivity index (χ2n) is 6.28. The fourth-order valence-electron chi connectivity index (χ4n) is 3.04. The molecule has 1 aliphatic rings. The highest BCUT2D eigenvalue weighted by Gasteiger charge is 2.19. The van der Waals surface area contributed by atoms with E-state index in [-0.39, 0.29) is 6.03 Å². The van der Waals surface area contributed by atoms with E-state index in [1.165, 1.54) is 30.5 Å². The lowest BCUT2D eigenvalue weighted by atomic mass is 10.2. The zero-order chi connectivity index (χ0) is 16.5. The van der Waals surface area contributed by atoms with Crippen molar-refractivity contribution in [3.63, 3.8) is 0 Å². The largest absolute Gasteiger partial charge is 0.369 e. The van der Waals surface area contributed by atoms with Gasteiger partial charge in [-0.15, -0.1) is 0 Å². The van der Waals surface area contributed by atoms with Gasteiger partial charge in [0.1, 0.15) is 0 Å². The summed E-state index contributed by atoms with van der Waals surface area (Å²) in [6, 6.07) is 2.16. The molecule has 0 saturated carbocycles. The van der Waals surface area contributed by atoms with Gasteiger partial charge in [-0.25, -0.2) is 4.79 Å². The highest BCUT2D eigenvalue weighted by molar-refractivity contribution is 5.74. The summed E-state index contributed by atoms with van der Waals surface area (Å²) in [5.74, 6) is 0. The van der Waals surface area contributed by atoms with E-state index in [1.807, 2.05) is 17.3 Å². The topological polar surface area (TPSA) is 48.5 Å². The predicted octanol–water partition coefficient (Wildman–Crippen LogP) is 3.19. The first-order valence-electron chi connectivity index (χ1n) is 8.90. The molecule has 5 nitrogen and oxygen atoms in total. The van der Waals surface area contributed by atoms with E-state index in [2.05, 4.69) is 35.1 Å². The number of unbranched alkanes of at least 4 members (excludes halogenated alkanes) is 3. The molecule has 23 heavy (non-hydrogen) atoms. The third-order valence-corrected chi connectivity index (χ3v) is 4.42. The predicted molar refractivity (Wildman–Crippen MR) is 94.9 cm³/mol. The van der Waals surface area contributed by atoms with E-state index in [9.17, 15) is 4.79 Å². The van der Waals surface area contributed by atoms with Gasteiger partial charge < -0.3 is 15.1 Å². The highest BCUT2D eigenvalue weighted by Crippen LogP contribution is 2.19. The van der Waals surface area contributed by atoms with Crippen LogP contribution in [0.3, 0.4) is 0 Å². The minimum absolute atomic E-state index is 0.0924. The van der Waals surface area contributed by atoms with Gasteiger partial charge in [0.2, 0.25) is 0 Å². The minimum atomic E-state index is 0.0924. The molecule has 1 aromatic heterocycles. The Hall–Kier alpha value is -1.78. The summed E-state index contributed by atoms with van der Waals surface area (Å²) < 4.78 is 0. The van der Waals surface area contributed by atoms with Crippen molar-refractivity contribution in [1.29, 1.82) is 0 Å². The van der Waals surface area contributed by atoms with Gasteiger partial charge in [-0.3, -0.25) is 4.98 Å². The number of amides is 2. The van der Waals surface area contributed by atoms with Crippen LogP contribution in [0.25, 0.3) is 0 Å². The number of nitrogens with one attached hydrogen (secondary N) is 1. The molecular weight excluding hydrogens is 288 g/mol. The number of hydrogen-bond acceptors (Lipinski definition) is 3. The number of urea groups is 1. The molecule has 1 aliphatic heterocycles. The van der Waals surface area contributed by atoms with Crippen LogP contribution >= 0.6 is 0 Å². The maximum absolute atomic E-state index is 12.3. The van der Waals surface area contributed by atoms with Crippen molar-refractivity contribution in [2.75, 3.05) is 37.6 Å². The molecule has 0 unspecified atom stereocenters. The Morgan fingerprint density at radius 3 is 2.87 bits per heavy atom. The van der Waals surface area contributed by atoms with Gasteiger partial charge in [0, 0.05) is 50.8 Å². The maximum Gasteiger partial charge on any atom is 0.317 e. The molecule has 0 spiro atoms. The van der Waals surface area contributed by atoms with Crippen molar-refractivity contribution >= 4 is 11.7 Å². The summed E-state index contributed by atoms with van der Waals surface area (Å²) >= 11 is 0. The van der Waals surface area contributed by atoms with E-state index in [0.717, 1.165) is 45.6 Å². The Labute approximate surface area is 140 Å². The summed E-state index contributed by atoms with van der Waals surface area (Å²) in [6.07, 6.45) is 9.51. The van der Waals surface area contributed by atoms with Crippen molar-refractivity contribution in [2.24, 2.45) is 0 Å². The number of anilines is 1. The normalized spacial score (nSPS) is 15.4. The number of rotatable bonds is 6. The van der Waals surface area contributed by atoms with Crippen molar-refractivity contribution in [3.8, 4) is 0 Å². The number of carbonyl (C=O) groups is 1. The number of aromatic nitrogens is 1. The SMILES string of the molecule is CCCCCCNC(=O)N1CCCN(c2ccncc2C)CC1. The lowest BCUT2D eigenvalue weighted by molar-refractivity contribution is 0.201. The number of hydrogen-bond donors (Lipinski definition) is 1. The Morgan fingerprint density at radius 2 is 2.09 bits per heavy atom. The molecule has 0 radical (unpaired) electrons. The van der Waals surface area contributed by atoms with Crippen LogP contribution in [-0.2, 0) is 0 Å². The van der Waals surface area contributed by atoms with Crippen molar-refractivity contribution in [2.45, 2.75) is 46.0 Å². The molecule has 1 aromatic rings. The Morgan fingerprint density at radius 1 is 1.22 bits per heavy atom. The number of carbonyl (C=O) groups excluding carboxylic acids is 1. The molecule has 0 bridgehead atoms. The summed E-state index contributed by atoms with van der Waals surface area (Å²) in [5, 5.41) is 3.06. The van der Waals surface area contributed by atoms with Crippen LogP contribution in [0.4, 0.5) is 10.5 Å².